The number of benzene rings is 2. The van der Waals surface area contributed by atoms with Crippen molar-refractivity contribution < 1.29 is 4.79 Å². The molecule has 0 bridgehead atoms. The second-order valence-corrected chi connectivity index (χ2v) is 8.88. The second-order valence-electron chi connectivity index (χ2n) is 8.88. The summed E-state index contributed by atoms with van der Waals surface area (Å²) in [6, 6.07) is 18.3. The summed E-state index contributed by atoms with van der Waals surface area (Å²) in [5.41, 5.74) is 8.86. The van der Waals surface area contributed by atoms with Crippen molar-refractivity contribution in [3.63, 3.8) is 0 Å². The lowest BCUT2D eigenvalue weighted by Crippen LogP contribution is -2.33. The van der Waals surface area contributed by atoms with Crippen LogP contribution < -0.4 is 11.1 Å². The van der Waals surface area contributed by atoms with Crippen LogP contribution in [0.1, 0.15) is 28.9 Å². The Morgan fingerprint density at radius 3 is 2.75 bits per heavy atom. The number of fused-ring (bicyclic) bond motifs is 2. The van der Waals surface area contributed by atoms with E-state index in [1.165, 1.54) is 12.8 Å². The maximum Gasteiger partial charge on any atom is 0.268 e. The molecule has 0 unspecified atom stereocenters. The molecule has 3 heterocycles. The van der Waals surface area contributed by atoms with Crippen LogP contribution in [0.2, 0.25) is 0 Å². The molecule has 0 aliphatic carbocycles. The van der Waals surface area contributed by atoms with Crippen LogP contribution in [-0.2, 0) is 13.1 Å². The Hall–Kier alpha value is -3.38. The van der Waals surface area contributed by atoms with Crippen LogP contribution in [0.4, 0.5) is 5.82 Å². The molecule has 6 nitrogen and oxygen atoms in total. The number of hydrogen-bond acceptors (Lipinski definition) is 4. The monoisotopic (exact) mass is 427 g/mol. The summed E-state index contributed by atoms with van der Waals surface area (Å²) in [6.45, 7) is 3.58. The van der Waals surface area contributed by atoms with E-state index >= 15 is 0 Å². The van der Waals surface area contributed by atoms with Gasteiger partial charge in [-0.1, -0.05) is 30.3 Å². The first-order valence-electron chi connectivity index (χ1n) is 11.3. The topological polar surface area (TPSA) is 76.2 Å². The predicted molar refractivity (Wildman–Crippen MR) is 129 cm³/mol. The van der Waals surface area contributed by atoms with Gasteiger partial charge in [0, 0.05) is 35.6 Å². The Labute approximate surface area is 188 Å². The zero-order valence-corrected chi connectivity index (χ0v) is 18.4. The molecule has 5 rings (SSSR count). The van der Waals surface area contributed by atoms with Crippen molar-refractivity contribution in [3.8, 4) is 0 Å². The van der Waals surface area contributed by atoms with Crippen molar-refractivity contribution in [3.05, 3.63) is 72.1 Å². The van der Waals surface area contributed by atoms with E-state index in [2.05, 4.69) is 45.0 Å². The van der Waals surface area contributed by atoms with Gasteiger partial charge in [0.2, 0.25) is 0 Å². The molecule has 32 heavy (non-hydrogen) atoms. The standard InChI is InChI=1S/C26H29N5O/c1-30-12-9-18(10-13-30)17-31-23-5-3-2-4-21(23)15-24(31)26(32)29-16-19-6-7-22-20(14-19)8-11-28-25(22)27/h2-8,11,14-15,18H,9-10,12-13,16-17H2,1H3,(H2,27,28)(H,29,32). The van der Waals surface area contributed by atoms with E-state index < -0.39 is 0 Å². The Bertz CT molecular complexity index is 1270. The highest BCUT2D eigenvalue weighted by atomic mass is 16.1. The fraction of sp³-hybridized carbons (Fsp3) is 0.308. The molecule has 3 N–H and O–H groups in total. The number of carbonyl (C=O) groups excluding carboxylic acids is 1. The number of nitrogens with two attached hydrogens (primary N) is 1. The van der Waals surface area contributed by atoms with Gasteiger partial charge < -0.3 is 20.5 Å². The highest BCUT2D eigenvalue weighted by Gasteiger charge is 2.21. The smallest absolute Gasteiger partial charge is 0.268 e. The summed E-state index contributed by atoms with van der Waals surface area (Å²) < 4.78 is 2.22. The minimum absolute atomic E-state index is 0.0385. The van der Waals surface area contributed by atoms with Gasteiger partial charge >= 0.3 is 0 Å². The van der Waals surface area contributed by atoms with Gasteiger partial charge in [-0.05, 0) is 74.1 Å². The van der Waals surface area contributed by atoms with Crippen molar-refractivity contribution >= 4 is 33.4 Å². The third kappa shape index (κ3) is 4.06. The van der Waals surface area contributed by atoms with E-state index in [0.29, 0.717) is 18.3 Å². The number of carbonyl (C=O) groups is 1. The van der Waals surface area contributed by atoms with Gasteiger partial charge in [-0.2, -0.15) is 0 Å². The van der Waals surface area contributed by atoms with Crippen LogP contribution in [0, 0.1) is 5.92 Å². The van der Waals surface area contributed by atoms with Gasteiger partial charge in [-0.3, -0.25) is 4.79 Å². The van der Waals surface area contributed by atoms with Gasteiger partial charge in [0.15, 0.2) is 0 Å². The van der Waals surface area contributed by atoms with Gasteiger partial charge in [0.05, 0.1) is 0 Å². The highest BCUT2D eigenvalue weighted by Crippen LogP contribution is 2.25. The fourth-order valence-electron chi connectivity index (χ4n) is 4.73. The first-order chi connectivity index (χ1) is 15.6. The number of hydrogen-bond donors (Lipinski definition) is 2. The largest absolute Gasteiger partial charge is 0.383 e. The number of rotatable bonds is 5. The summed E-state index contributed by atoms with van der Waals surface area (Å²) in [7, 11) is 2.18. The zero-order chi connectivity index (χ0) is 22.1. The van der Waals surface area contributed by atoms with Crippen LogP contribution in [0.5, 0.6) is 0 Å². The molecule has 2 aromatic carbocycles. The van der Waals surface area contributed by atoms with Crippen LogP contribution in [-0.4, -0.2) is 40.5 Å². The molecule has 1 fully saturated rings. The Morgan fingerprint density at radius 2 is 1.91 bits per heavy atom. The molecule has 1 saturated heterocycles. The molecule has 4 aromatic rings. The maximum absolute atomic E-state index is 13.2. The Morgan fingerprint density at radius 1 is 1.09 bits per heavy atom. The number of para-hydroxylation sites is 1. The lowest BCUT2D eigenvalue weighted by Gasteiger charge is -2.29. The van der Waals surface area contributed by atoms with Crippen molar-refractivity contribution in [1.82, 2.24) is 19.8 Å². The molecule has 164 valence electrons. The SMILES string of the molecule is CN1CCC(Cn2c(C(=O)NCc3ccc4c(N)nccc4c3)cc3ccccc32)CC1. The maximum atomic E-state index is 13.2. The second kappa shape index (κ2) is 8.63. The molecule has 0 saturated carbocycles. The van der Waals surface area contributed by atoms with Crippen molar-refractivity contribution in [2.75, 3.05) is 25.9 Å². The molecule has 0 atom stereocenters. The van der Waals surface area contributed by atoms with E-state index in [1.807, 2.05) is 36.4 Å². The summed E-state index contributed by atoms with van der Waals surface area (Å²) in [6.07, 6.45) is 4.04. The molecule has 0 radical (unpaired) electrons. The molecule has 0 spiro atoms. The van der Waals surface area contributed by atoms with E-state index in [4.69, 9.17) is 5.73 Å². The van der Waals surface area contributed by atoms with Gasteiger partial charge in [0.1, 0.15) is 11.5 Å². The first kappa shape index (κ1) is 20.5. The van der Waals surface area contributed by atoms with Crippen LogP contribution in [0.25, 0.3) is 21.7 Å². The number of nitrogens with one attached hydrogen (secondary N) is 1. The lowest BCUT2D eigenvalue weighted by atomic mass is 9.97. The number of anilines is 1. The predicted octanol–water partition coefficient (Wildman–Crippen LogP) is 4.04. The van der Waals surface area contributed by atoms with E-state index in [1.54, 1.807) is 6.20 Å². The van der Waals surface area contributed by atoms with Crippen LogP contribution >= 0.6 is 0 Å². The number of amides is 1. The first-order valence-corrected chi connectivity index (χ1v) is 11.3. The highest BCUT2D eigenvalue weighted by molar-refractivity contribution is 5.99. The Balaban J connectivity index is 1.37. The summed E-state index contributed by atoms with van der Waals surface area (Å²) >= 11 is 0. The molecule has 1 aliphatic heterocycles. The molecule has 6 heteroatoms. The summed E-state index contributed by atoms with van der Waals surface area (Å²) in [5, 5.41) is 6.20. The third-order valence-electron chi connectivity index (χ3n) is 6.63. The fourth-order valence-corrected chi connectivity index (χ4v) is 4.73. The normalized spacial score (nSPS) is 15.4. The number of pyridine rings is 1. The van der Waals surface area contributed by atoms with Gasteiger partial charge in [-0.15, -0.1) is 0 Å². The minimum atomic E-state index is -0.0385. The lowest BCUT2D eigenvalue weighted by molar-refractivity contribution is 0.0939. The molecular weight excluding hydrogens is 398 g/mol. The molecular formula is C26H29N5O. The van der Waals surface area contributed by atoms with Crippen molar-refractivity contribution in [2.45, 2.75) is 25.9 Å². The average molecular weight is 428 g/mol. The van der Waals surface area contributed by atoms with E-state index in [0.717, 1.165) is 52.6 Å². The number of nitrogen functional groups attached to an aromatic ring is 1. The van der Waals surface area contributed by atoms with Crippen LogP contribution in [0.3, 0.4) is 0 Å². The number of piperidine rings is 1. The number of likely N-dealkylation sites (tertiary alicyclic amines) is 1. The van der Waals surface area contributed by atoms with Gasteiger partial charge in [-0.25, -0.2) is 4.98 Å². The zero-order valence-electron chi connectivity index (χ0n) is 18.4. The summed E-state index contributed by atoms with van der Waals surface area (Å²) in [4.78, 5) is 19.8. The minimum Gasteiger partial charge on any atom is -0.383 e. The van der Waals surface area contributed by atoms with Gasteiger partial charge in [0.25, 0.3) is 5.91 Å². The number of aromatic nitrogens is 2. The van der Waals surface area contributed by atoms with E-state index in [9.17, 15) is 4.79 Å². The molecule has 1 amide bonds. The molecule has 1 aliphatic rings. The third-order valence-corrected chi connectivity index (χ3v) is 6.63. The van der Waals surface area contributed by atoms with E-state index in [-0.39, 0.29) is 5.91 Å². The quantitative estimate of drug-likeness (QED) is 0.504. The van der Waals surface area contributed by atoms with Crippen molar-refractivity contribution in [2.24, 2.45) is 5.92 Å². The van der Waals surface area contributed by atoms with Crippen molar-refractivity contribution in [1.29, 1.82) is 0 Å². The average Bonchev–Trinajstić information content (AvgIpc) is 3.17. The Kier molecular flexibility index (Phi) is 5.53. The summed E-state index contributed by atoms with van der Waals surface area (Å²) in [5.74, 6) is 1.08. The van der Waals surface area contributed by atoms with Crippen LogP contribution in [0.15, 0.2) is 60.8 Å². The number of nitrogens with zero attached hydrogens (tertiary/aromatic N) is 3. The molecule has 2 aromatic heterocycles.